The van der Waals surface area contributed by atoms with Crippen LogP contribution in [0.4, 0.5) is 4.79 Å². The second-order valence-electron chi connectivity index (χ2n) is 8.35. The lowest BCUT2D eigenvalue weighted by atomic mass is 9.97. The number of nitrogens with zero attached hydrogens (tertiary/aromatic N) is 1. The lowest BCUT2D eigenvalue weighted by molar-refractivity contribution is -0.135. The molecule has 1 fully saturated rings. The van der Waals surface area contributed by atoms with Gasteiger partial charge < -0.3 is 25.0 Å². The van der Waals surface area contributed by atoms with Gasteiger partial charge in [-0.3, -0.25) is 9.59 Å². The number of alkyl carbamates (subject to hydrolysis) is 1. The van der Waals surface area contributed by atoms with Crippen molar-refractivity contribution in [3.05, 3.63) is 28.2 Å². The summed E-state index contributed by atoms with van der Waals surface area (Å²) in [6.07, 6.45) is 0.914. The van der Waals surface area contributed by atoms with Gasteiger partial charge >= 0.3 is 6.09 Å². The minimum Gasteiger partial charge on any atom is -0.482 e. The normalized spacial score (nSPS) is 14.7. The molecule has 10 heteroatoms. The van der Waals surface area contributed by atoms with Crippen LogP contribution in [0.2, 0.25) is 10.0 Å². The van der Waals surface area contributed by atoms with Crippen LogP contribution >= 0.6 is 23.2 Å². The third-order valence-electron chi connectivity index (χ3n) is 4.59. The van der Waals surface area contributed by atoms with Gasteiger partial charge in [0.05, 0.1) is 11.6 Å². The summed E-state index contributed by atoms with van der Waals surface area (Å²) in [6.45, 7) is 6.69. The Morgan fingerprint density at radius 2 is 1.81 bits per heavy atom. The Hall–Kier alpha value is -2.19. The zero-order valence-electron chi connectivity index (χ0n) is 18.0. The molecule has 8 nitrogen and oxygen atoms in total. The number of halogens is 2. The molecule has 1 aromatic rings. The Labute approximate surface area is 192 Å². The highest BCUT2D eigenvalue weighted by Crippen LogP contribution is 2.27. The maximum atomic E-state index is 12.4. The third kappa shape index (κ3) is 9.23. The van der Waals surface area contributed by atoms with Crippen molar-refractivity contribution >= 4 is 41.1 Å². The zero-order valence-corrected chi connectivity index (χ0v) is 19.5. The molecule has 1 heterocycles. The van der Waals surface area contributed by atoms with Crippen molar-refractivity contribution in [3.63, 3.8) is 0 Å². The maximum absolute atomic E-state index is 12.4. The molecule has 2 rings (SSSR count). The van der Waals surface area contributed by atoms with Gasteiger partial charge in [0, 0.05) is 24.7 Å². The van der Waals surface area contributed by atoms with E-state index in [1.807, 2.05) is 0 Å². The van der Waals surface area contributed by atoms with Gasteiger partial charge in [0.1, 0.15) is 11.4 Å². The van der Waals surface area contributed by atoms with E-state index in [4.69, 9.17) is 32.7 Å². The van der Waals surface area contributed by atoms with Crippen molar-refractivity contribution in [3.8, 4) is 5.75 Å². The zero-order chi connectivity index (χ0) is 23.0. The monoisotopic (exact) mass is 473 g/mol. The Morgan fingerprint density at radius 1 is 1.13 bits per heavy atom. The molecular formula is C21H29Cl2N3O5. The standard InChI is InChI=1S/C21H29Cl2N3O5/c1-21(2,3)31-20(29)25-12-18(27)24-11-14-6-8-26(9-7-14)19(28)13-30-17-5-4-15(22)10-16(17)23/h4-5,10,14H,6-9,11-13H2,1-3H3,(H,24,27)(H,25,29). The van der Waals surface area contributed by atoms with Gasteiger partial charge in [-0.15, -0.1) is 0 Å². The fourth-order valence-electron chi connectivity index (χ4n) is 3.00. The van der Waals surface area contributed by atoms with Gasteiger partial charge in [-0.25, -0.2) is 4.79 Å². The quantitative estimate of drug-likeness (QED) is 0.633. The number of benzene rings is 1. The minimum atomic E-state index is -0.628. The van der Waals surface area contributed by atoms with E-state index in [-0.39, 0.29) is 30.9 Å². The van der Waals surface area contributed by atoms with Gasteiger partial charge in [0.2, 0.25) is 5.91 Å². The lowest BCUT2D eigenvalue weighted by Gasteiger charge is -2.32. The molecule has 0 atom stereocenters. The number of ether oxygens (including phenoxy) is 2. The maximum Gasteiger partial charge on any atom is 0.408 e. The topological polar surface area (TPSA) is 97.0 Å². The molecule has 0 unspecified atom stereocenters. The third-order valence-corrected chi connectivity index (χ3v) is 5.12. The number of likely N-dealkylation sites (tertiary alicyclic amines) is 1. The van der Waals surface area contributed by atoms with E-state index >= 15 is 0 Å². The summed E-state index contributed by atoms with van der Waals surface area (Å²) in [5.74, 6) is 0.283. The molecule has 0 aromatic heterocycles. The van der Waals surface area contributed by atoms with Crippen molar-refractivity contribution in [1.29, 1.82) is 0 Å². The minimum absolute atomic E-state index is 0.0981. The number of rotatable bonds is 7. The Bertz CT molecular complexity index is 790. The first-order chi connectivity index (χ1) is 14.5. The molecule has 0 bridgehead atoms. The second kappa shape index (κ2) is 11.4. The molecule has 1 aliphatic rings. The first kappa shape index (κ1) is 25.1. The fraction of sp³-hybridized carbons (Fsp3) is 0.571. The van der Waals surface area contributed by atoms with E-state index in [9.17, 15) is 14.4 Å². The van der Waals surface area contributed by atoms with Crippen LogP contribution in [-0.4, -0.2) is 61.2 Å². The van der Waals surface area contributed by atoms with Gasteiger partial charge in [0.15, 0.2) is 6.61 Å². The average Bonchev–Trinajstić information content (AvgIpc) is 2.69. The van der Waals surface area contributed by atoms with Gasteiger partial charge in [-0.1, -0.05) is 23.2 Å². The molecule has 172 valence electrons. The highest BCUT2D eigenvalue weighted by Gasteiger charge is 2.24. The van der Waals surface area contributed by atoms with Crippen LogP contribution in [-0.2, 0) is 14.3 Å². The number of hydrogen-bond acceptors (Lipinski definition) is 5. The molecular weight excluding hydrogens is 445 g/mol. The largest absolute Gasteiger partial charge is 0.482 e. The van der Waals surface area contributed by atoms with Crippen molar-refractivity contribution in [2.24, 2.45) is 5.92 Å². The number of carbonyl (C=O) groups is 3. The SMILES string of the molecule is CC(C)(C)OC(=O)NCC(=O)NCC1CCN(C(=O)COc2ccc(Cl)cc2Cl)CC1. The van der Waals surface area contributed by atoms with Crippen LogP contribution < -0.4 is 15.4 Å². The predicted molar refractivity (Wildman–Crippen MR) is 119 cm³/mol. The predicted octanol–water partition coefficient (Wildman–Crippen LogP) is 3.25. The summed E-state index contributed by atoms with van der Waals surface area (Å²) in [7, 11) is 0. The van der Waals surface area contributed by atoms with E-state index in [0.717, 1.165) is 12.8 Å². The van der Waals surface area contributed by atoms with E-state index in [1.165, 1.54) is 0 Å². The average molecular weight is 474 g/mol. The molecule has 0 spiro atoms. The Balaban J connectivity index is 1.63. The Morgan fingerprint density at radius 3 is 2.42 bits per heavy atom. The van der Waals surface area contributed by atoms with Crippen LogP contribution in [0.5, 0.6) is 5.75 Å². The lowest BCUT2D eigenvalue weighted by Crippen LogP contribution is -2.45. The molecule has 3 amide bonds. The highest BCUT2D eigenvalue weighted by molar-refractivity contribution is 6.35. The number of hydrogen-bond donors (Lipinski definition) is 2. The van der Waals surface area contributed by atoms with Crippen LogP contribution in [0, 0.1) is 5.92 Å². The number of carbonyl (C=O) groups excluding carboxylic acids is 3. The molecule has 1 aliphatic heterocycles. The van der Waals surface area contributed by atoms with E-state index in [0.29, 0.717) is 35.4 Å². The van der Waals surface area contributed by atoms with E-state index in [1.54, 1.807) is 43.9 Å². The van der Waals surface area contributed by atoms with Gasteiger partial charge in [0.25, 0.3) is 5.91 Å². The molecule has 0 aliphatic carbocycles. The molecule has 0 saturated carbocycles. The first-order valence-corrected chi connectivity index (χ1v) is 10.9. The number of amides is 3. The summed E-state index contributed by atoms with van der Waals surface area (Å²) in [5.41, 5.74) is -0.613. The summed E-state index contributed by atoms with van der Waals surface area (Å²) in [5, 5.41) is 6.09. The van der Waals surface area contributed by atoms with E-state index in [2.05, 4.69) is 10.6 Å². The summed E-state index contributed by atoms with van der Waals surface area (Å²) >= 11 is 11.9. The summed E-state index contributed by atoms with van der Waals surface area (Å²) in [6, 6.07) is 4.84. The molecule has 31 heavy (non-hydrogen) atoms. The molecule has 0 radical (unpaired) electrons. The second-order valence-corrected chi connectivity index (χ2v) is 9.19. The number of nitrogens with one attached hydrogen (secondary N) is 2. The molecule has 1 aromatic carbocycles. The van der Waals surface area contributed by atoms with Crippen LogP contribution in [0.25, 0.3) is 0 Å². The van der Waals surface area contributed by atoms with Crippen molar-refractivity contribution in [2.45, 2.75) is 39.2 Å². The summed E-state index contributed by atoms with van der Waals surface area (Å²) < 4.78 is 10.6. The van der Waals surface area contributed by atoms with Crippen LogP contribution in [0.1, 0.15) is 33.6 Å². The summed E-state index contributed by atoms with van der Waals surface area (Å²) in [4.78, 5) is 37.6. The van der Waals surface area contributed by atoms with Crippen LogP contribution in [0.3, 0.4) is 0 Å². The fourth-order valence-corrected chi connectivity index (χ4v) is 3.46. The smallest absolute Gasteiger partial charge is 0.408 e. The van der Waals surface area contributed by atoms with Crippen molar-refractivity contribution in [2.75, 3.05) is 32.8 Å². The first-order valence-electron chi connectivity index (χ1n) is 10.1. The van der Waals surface area contributed by atoms with Gasteiger partial charge in [-0.05, 0) is 57.7 Å². The molecule has 1 saturated heterocycles. The van der Waals surface area contributed by atoms with Crippen molar-refractivity contribution in [1.82, 2.24) is 15.5 Å². The van der Waals surface area contributed by atoms with Gasteiger partial charge in [-0.2, -0.15) is 0 Å². The number of piperidine rings is 1. The van der Waals surface area contributed by atoms with Crippen LogP contribution in [0.15, 0.2) is 18.2 Å². The van der Waals surface area contributed by atoms with Crippen molar-refractivity contribution < 1.29 is 23.9 Å². The van der Waals surface area contributed by atoms with E-state index < -0.39 is 11.7 Å². The molecule has 2 N–H and O–H groups in total. The highest BCUT2D eigenvalue weighted by atomic mass is 35.5. The Kier molecular flexibility index (Phi) is 9.25.